The van der Waals surface area contributed by atoms with Crippen LogP contribution >= 0.6 is 0 Å². The Bertz CT molecular complexity index is 321. The van der Waals surface area contributed by atoms with Gasteiger partial charge in [-0.25, -0.2) is 0 Å². The lowest BCUT2D eigenvalue weighted by Gasteiger charge is -2.48. The monoisotopic (exact) mass is 238 g/mol. The van der Waals surface area contributed by atoms with Crippen LogP contribution < -0.4 is 5.32 Å². The van der Waals surface area contributed by atoms with Crippen molar-refractivity contribution in [2.24, 2.45) is 11.8 Å². The molecule has 2 atom stereocenters. The standard InChI is InChI=1S/C13H22N2O2/c1-9-6-10(4-5-14-9)12(16)15-7-13(17,8-15)11-2-3-11/h9-11,14,17H,2-8H2,1H3. The summed E-state index contributed by atoms with van der Waals surface area (Å²) in [4.78, 5) is 14.1. The predicted molar refractivity (Wildman–Crippen MR) is 64.4 cm³/mol. The maximum Gasteiger partial charge on any atom is 0.225 e. The summed E-state index contributed by atoms with van der Waals surface area (Å²) in [6, 6.07) is 0.446. The van der Waals surface area contributed by atoms with Crippen LogP contribution in [0.3, 0.4) is 0 Å². The van der Waals surface area contributed by atoms with Gasteiger partial charge in [0.15, 0.2) is 0 Å². The minimum atomic E-state index is -0.534. The number of piperidine rings is 1. The summed E-state index contributed by atoms with van der Waals surface area (Å²) in [6.45, 7) is 4.23. The van der Waals surface area contributed by atoms with Crippen LogP contribution in [0.4, 0.5) is 0 Å². The number of aliphatic hydroxyl groups is 1. The first-order valence-electron chi connectivity index (χ1n) is 6.83. The number of β-amino-alcohol motifs (C(OH)–C–C–N with tert-alkyl or cyclic N) is 1. The van der Waals surface area contributed by atoms with Gasteiger partial charge in [-0.3, -0.25) is 4.79 Å². The zero-order valence-electron chi connectivity index (χ0n) is 10.5. The lowest BCUT2D eigenvalue weighted by molar-refractivity contribution is -0.164. The molecule has 4 nitrogen and oxygen atoms in total. The SMILES string of the molecule is CC1CC(C(=O)N2CC(O)(C3CC3)C2)CCN1. The molecule has 1 saturated carbocycles. The predicted octanol–water partition coefficient (Wildman–Crippen LogP) is 0.358. The lowest BCUT2D eigenvalue weighted by Crippen LogP contribution is -2.66. The number of amides is 1. The molecule has 1 amide bonds. The first kappa shape index (κ1) is 11.5. The van der Waals surface area contributed by atoms with Crippen molar-refractivity contribution >= 4 is 5.91 Å². The summed E-state index contributed by atoms with van der Waals surface area (Å²) in [5, 5.41) is 13.6. The highest BCUT2D eigenvalue weighted by atomic mass is 16.3. The third-order valence-corrected chi connectivity index (χ3v) is 4.55. The van der Waals surface area contributed by atoms with Gasteiger partial charge in [-0.15, -0.1) is 0 Å². The third kappa shape index (κ3) is 2.08. The molecule has 4 heteroatoms. The number of hydrogen-bond acceptors (Lipinski definition) is 3. The van der Waals surface area contributed by atoms with E-state index in [0.717, 1.165) is 32.2 Å². The van der Waals surface area contributed by atoms with Gasteiger partial charge in [-0.2, -0.15) is 0 Å². The van der Waals surface area contributed by atoms with E-state index in [9.17, 15) is 9.90 Å². The summed E-state index contributed by atoms with van der Waals surface area (Å²) in [7, 11) is 0. The molecule has 3 aliphatic rings. The Hall–Kier alpha value is -0.610. The summed E-state index contributed by atoms with van der Waals surface area (Å²) in [5.74, 6) is 0.914. The zero-order chi connectivity index (χ0) is 12.0. The molecule has 2 saturated heterocycles. The van der Waals surface area contributed by atoms with Crippen LogP contribution in [0.5, 0.6) is 0 Å². The minimum Gasteiger partial charge on any atom is -0.386 e. The van der Waals surface area contributed by atoms with E-state index in [2.05, 4.69) is 12.2 Å². The van der Waals surface area contributed by atoms with Crippen LogP contribution in [-0.2, 0) is 4.79 Å². The molecule has 1 aliphatic carbocycles. The smallest absolute Gasteiger partial charge is 0.225 e. The van der Waals surface area contributed by atoms with Gasteiger partial charge < -0.3 is 15.3 Å². The lowest BCUT2D eigenvalue weighted by atomic mass is 9.85. The number of rotatable bonds is 2. The maximum atomic E-state index is 12.2. The molecule has 0 spiro atoms. The summed E-state index contributed by atoms with van der Waals surface area (Å²) in [6.07, 6.45) is 4.17. The van der Waals surface area contributed by atoms with Crippen molar-refractivity contribution in [3.05, 3.63) is 0 Å². The Kier molecular flexibility index (Phi) is 2.67. The highest BCUT2D eigenvalue weighted by Crippen LogP contribution is 2.45. The molecule has 2 heterocycles. The van der Waals surface area contributed by atoms with Crippen LogP contribution in [0.1, 0.15) is 32.6 Å². The fourth-order valence-corrected chi connectivity index (χ4v) is 3.26. The van der Waals surface area contributed by atoms with Crippen molar-refractivity contribution in [3.8, 4) is 0 Å². The molecule has 96 valence electrons. The molecule has 17 heavy (non-hydrogen) atoms. The van der Waals surface area contributed by atoms with Crippen LogP contribution in [0.25, 0.3) is 0 Å². The van der Waals surface area contributed by atoms with Crippen molar-refractivity contribution in [3.63, 3.8) is 0 Å². The van der Waals surface area contributed by atoms with Crippen LogP contribution in [0.15, 0.2) is 0 Å². The van der Waals surface area contributed by atoms with Crippen molar-refractivity contribution in [2.75, 3.05) is 19.6 Å². The number of carbonyl (C=O) groups is 1. The van der Waals surface area contributed by atoms with Gasteiger partial charge in [-0.05, 0) is 45.1 Å². The average molecular weight is 238 g/mol. The highest BCUT2D eigenvalue weighted by molar-refractivity contribution is 5.80. The maximum absolute atomic E-state index is 12.2. The van der Waals surface area contributed by atoms with Crippen LogP contribution in [-0.4, -0.2) is 47.2 Å². The van der Waals surface area contributed by atoms with E-state index >= 15 is 0 Å². The first-order valence-corrected chi connectivity index (χ1v) is 6.83. The fraction of sp³-hybridized carbons (Fsp3) is 0.923. The first-order chi connectivity index (χ1) is 8.08. The van der Waals surface area contributed by atoms with Gasteiger partial charge in [-0.1, -0.05) is 0 Å². The highest BCUT2D eigenvalue weighted by Gasteiger charge is 2.53. The second-order valence-corrected chi connectivity index (χ2v) is 6.15. The van der Waals surface area contributed by atoms with Crippen LogP contribution in [0.2, 0.25) is 0 Å². The molecular formula is C13H22N2O2. The number of carbonyl (C=O) groups excluding carboxylic acids is 1. The molecule has 0 radical (unpaired) electrons. The summed E-state index contributed by atoms with van der Waals surface area (Å²) < 4.78 is 0. The normalized spacial score (nSPS) is 36.5. The second-order valence-electron chi connectivity index (χ2n) is 6.15. The van der Waals surface area contributed by atoms with E-state index < -0.39 is 5.60 Å². The van der Waals surface area contributed by atoms with Crippen molar-refractivity contribution < 1.29 is 9.90 Å². The molecule has 0 aromatic heterocycles. The number of nitrogens with one attached hydrogen (secondary N) is 1. The summed E-state index contributed by atoms with van der Waals surface area (Å²) in [5.41, 5.74) is -0.534. The Morgan fingerprint density at radius 1 is 1.35 bits per heavy atom. The van der Waals surface area contributed by atoms with Crippen molar-refractivity contribution in [1.82, 2.24) is 10.2 Å². The molecule has 3 rings (SSSR count). The number of hydrogen-bond donors (Lipinski definition) is 2. The Labute approximate surface area is 102 Å². The van der Waals surface area contributed by atoms with Gasteiger partial charge in [0.25, 0.3) is 0 Å². The van der Waals surface area contributed by atoms with E-state index in [0.29, 0.717) is 25.0 Å². The molecular weight excluding hydrogens is 216 g/mol. The topological polar surface area (TPSA) is 52.6 Å². The zero-order valence-corrected chi connectivity index (χ0v) is 10.5. The van der Waals surface area contributed by atoms with E-state index in [1.165, 1.54) is 0 Å². The van der Waals surface area contributed by atoms with E-state index in [1.807, 2.05) is 4.90 Å². The van der Waals surface area contributed by atoms with Gasteiger partial charge in [0.1, 0.15) is 5.60 Å². The van der Waals surface area contributed by atoms with Crippen LogP contribution in [0, 0.1) is 11.8 Å². The Morgan fingerprint density at radius 2 is 2.06 bits per heavy atom. The van der Waals surface area contributed by atoms with Gasteiger partial charge in [0.05, 0.1) is 13.1 Å². The molecule has 2 N–H and O–H groups in total. The summed E-state index contributed by atoms with van der Waals surface area (Å²) >= 11 is 0. The van der Waals surface area contributed by atoms with Gasteiger partial charge >= 0.3 is 0 Å². The second kappa shape index (κ2) is 3.95. The molecule has 2 unspecified atom stereocenters. The van der Waals surface area contributed by atoms with Crippen molar-refractivity contribution in [2.45, 2.75) is 44.2 Å². The molecule has 3 fully saturated rings. The van der Waals surface area contributed by atoms with Crippen molar-refractivity contribution in [1.29, 1.82) is 0 Å². The number of likely N-dealkylation sites (tertiary alicyclic amines) is 1. The molecule has 0 aromatic rings. The molecule has 2 aliphatic heterocycles. The van der Waals surface area contributed by atoms with E-state index in [-0.39, 0.29) is 11.8 Å². The average Bonchev–Trinajstić information content (AvgIpc) is 3.08. The Morgan fingerprint density at radius 3 is 2.65 bits per heavy atom. The quantitative estimate of drug-likeness (QED) is 0.730. The van der Waals surface area contributed by atoms with E-state index in [4.69, 9.17) is 0 Å². The largest absolute Gasteiger partial charge is 0.386 e. The molecule has 0 bridgehead atoms. The van der Waals surface area contributed by atoms with Gasteiger partial charge in [0.2, 0.25) is 5.91 Å². The number of nitrogens with zero attached hydrogens (tertiary/aromatic N) is 1. The fourth-order valence-electron chi connectivity index (χ4n) is 3.26. The Balaban J connectivity index is 1.53. The van der Waals surface area contributed by atoms with Gasteiger partial charge in [0, 0.05) is 12.0 Å². The molecule has 0 aromatic carbocycles. The third-order valence-electron chi connectivity index (χ3n) is 4.55. The minimum absolute atomic E-state index is 0.176. The van der Waals surface area contributed by atoms with E-state index in [1.54, 1.807) is 0 Å².